The number of nitrogen functional groups attached to an aromatic ring is 1. The summed E-state index contributed by atoms with van der Waals surface area (Å²) in [5.41, 5.74) is 6.75. The first-order valence-electron chi connectivity index (χ1n) is 6.64. The third-order valence-electron chi connectivity index (χ3n) is 3.69. The van der Waals surface area contributed by atoms with Crippen LogP contribution in [0.4, 0.5) is 10.1 Å². The first-order chi connectivity index (χ1) is 9.80. The fraction of sp³-hybridized carbons (Fsp3) is 0.235. The molecule has 2 rings (SSSR count). The predicted octanol–water partition coefficient (Wildman–Crippen LogP) is 4.15. The second kappa shape index (κ2) is 5.86. The van der Waals surface area contributed by atoms with Gasteiger partial charge in [-0.25, -0.2) is 4.39 Å². The van der Waals surface area contributed by atoms with Crippen molar-refractivity contribution < 1.29 is 9.18 Å². The Morgan fingerprint density at radius 2 is 1.81 bits per heavy atom. The van der Waals surface area contributed by atoms with Gasteiger partial charge in [0.2, 0.25) is 0 Å². The zero-order chi connectivity index (χ0) is 15.6. The maximum Gasteiger partial charge on any atom is 0.147 e. The normalized spacial score (nSPS) is 11.4. The van der Waals surface area contributed by atoms with Gasteiger partial charge < -0.3 is 5.73 Å². The average Bonchev–Trinajstić information content (AvgIpc) is 2.43. The molecule has 0 heterocycles. The van der Waals surface area contributed by atoms with E-state index in [9.17, 15) is 9.18 Å². The van der Waals surface area contributed by atoms with E-state index in [0.29, 0.717) is 16.3 Å². The molecule has 2 N–H and O–H groups in total. The minimum absolute atomic E-state index is 0.00374. The molecular formula is C17H17ClFNO. The first kappa shape index (κ1) is 15.5. The van der Waals surface area contributed by atoms with Gasteiger partial charge in [0.1, 0.15) is 11.6 Å². The summed E-state index contributed by atoms with van der Waals surface area (Å²) in [6.45, 7) is 3.65. The molecule has 21 heavy (non-hydrogen) atoms. The van der Waals surface area contributed by atoms with E-state index in [-0.39, 0.29) is 12.2 Å². The molecule has 2 aromatic carbocycles. The van der Waals surface area contributed by atoms with Crippen LogP contribution in [0.15, 0.2) is 42.5 Å². The third-order valence-corrected chi connectivity index (χ3v) is 3.92. The van der Waals surface area contributed by atoms with Crippen molar-refractivity contribution in [3.63, 3.8) is 0 Å². The number of halogens is 2. The molecule has 0 saturated carbocycles. The lowest BCUT2D eigenvalue weighted by atomic mass is 9.78. The summed E-state index contributed by atoms with van der Waals surface area (Å²) in [5.74, 6) is -0.491. The van der Waals surface area contributed by atoms with E-state index < -0.39 is 11.2 Å². The van der Waals surface area contributed by atoms with Crippen LogP contribution in [0.5, 0.6) is 0 Å². The number of anilines is 1. The van der Waals surface area contributed by atoms with Gasteiger partial charge in [0.25, 0.3) is 0 Å². The standard InChI is InChI=1S/C17H17ClFNO/c1-17(2,12-3-6-14(20)7-4-12)16(21)10-11-9-13(18)5-8-15(11)19/h3-9H,10,20H2,1-2H3. The van der Waals surface area contributed by atoms with Crippen molar-refractivity contribution in [1.29, 1.82) is 0 Å². The molecule has 2 nitrogen and oxygen atoms in total. The largest absolute Gasteiger partial charge is 0.399 e. The fourth-order valence-corrected chi connectivity index (χ4v) is 2.33. The molecular weight excluding hydrogens is 289 g/mol. The lowest BCUT2D eigenvalue weighted by Gasteiger charge is -2.24. The highest BCUT2D eigenvalue weighted by Gasteiger charge is 2.29. The van der Waals surface area contributed by atoms with Crippen LogP contribution in [0.3, 0.4) is 0 Å². The monoisotopic (exact) mass is 305 g/mol. The van der Waals surface area contributed by atoms with Gasteiger partial charge in [-0.05, 0) is 55.3 Å². The Labute approximate surface area is 128 Å². The van der Waals surface area contributed by atoms with Gasteiger partial charge in [0.05, 0.1) is 0 Å². The first-order valence-corrected chi connectivity index (χ1v) is 7.02. The van der Waals surface area contributed by atoms with Gasteiger partial charge in [-0.2, -0.15) is 0 Å². The number of rotatable bonds is 4. The van der Waals surface area contributed by atoms with Crippen LogP contribution in [-0.2, 0) is 16.6 Å². The van der Waals surface area contributed by atoms with E-state index in [2.05, 4.69) is 0 Å². The van der Waals surface area contributed by atoms with E-state index in [0.717, 1.165) is 5.56 Å². The Kier molecular flexibility index (Phi) is 4.33. The molecule has 0 unspecified atom stereocenters. The SMILES string of the molecule is CC(C)(C(=O)Cc1cc(Cl)ccc1F)c1ccc(N)cc1. The van der Waals surface area contributed by atoms with Gasteiger partial charge in [-0.15, -0.1) is 0 Å². The maximum absolute atomic E-state index is 13.7. The summed E-state index contributed by atoms with van der Waals surface area (Å²) in [5, 5.41) is 0.421. The van der Waals surface area contributed by atoms with Crippen molar-refractivity contribution in [3.8, 4) is 0 Å². The zero-order valence-corrected chi connectivity index (χ0v) is 12.7. The van der Waals surface area contributed by atoms with E-state index >= 15 is 0 Å². The molecule has 0 amide bonds. The number of ketones is 1. The Bertz CT molecular complexity index is 665. The molecule has 0 fully saturated rings. The second-order valence-corrected chi connectivity index (χ2v) is 6.02. The highest BCUT2D eigenvalue weighted by molar-refractivity contribution is 6.30. The van der Waals surface area contributed by atoms with Crippen LogP contribution in [0, 0.1) is 5.82 Å². The van der Waals surface area contributed by atoms with Crippen molar-refractivity contribution >= 4 is 23.1 Å². The summed E-state index contributed by atoms with van der Waals surface area (Å²) in [6.07, 6.45) is 0.00374. The van der Waals surface area contributed by atoms with Gasteiger partial charge in [-0.1, -0.05) is 23.7 Å². The highest BCUT2D eigenvalue weighted by atomic mass is 35.5. The fourth-order valence-electron chi connectivity index (χ4n) is 2.13. The van der Waals surface area contributed by atoms with Crippen molar-refractivity contribution in [2.24, 2.45) is 0 Å². The second-order valence-electron chi connectivity index (χ2n) is 5.58. The molecule has 0 aliphatic carbocycles. The Hall–Kier alpha value is -1.87. The summed E-state index contributed by atoms with van der Waals surface area (Å²) >= 11 is 5.86. The smallest absolute Gasteiger partial charge is 0.147 e. The molecule has 0 radical (unpaired) electrons. The summed E-state index contributed by atoms with van der Waals surface area (Å²) < 4.78 is 13.7. The van der Waals surface area contributed by atoms with Crippen molar-refractivity contribution in [1.82, 2.24) is 0 Å². The molecule has 0 aliphatic rings. The molecule has 110 valence electrons. The minimum Gasteiger partial charge on any atom is -0.399 e. The van der Waals surface area contributed by atoms with E-state index in [4.69, 9.17) is 17.3 Å². The van der Waals surface area contributed by atoms with Crippen LogP contribution in [0.25, 0.3) is 0 Å². The van der Waals surface area contributed by atoms with Crippen LogP contribution >= 0.6 is 11.6 Å². The molecule has 4 heteroatoms. The quantitative estimate of drug-likeness (QED) is 0.862. The Balaban J connectivity index is 2.26. The minimum atomic E-state index is -0.720. The van der Waals surface area contributed by atoms with Crippen LogP contribution in [0.2, 0.25) is 5.02 Å². The number of hydrogen-bond acceptors (Lipinski definition) is 2. The predicted molar refractivity (Wildman–Crippen MR) is 84.0 cm³/mol. The van der Waals surface area contributed by atoms with E-state index in [1.807, 2.05) is 26.0 Å². The Morgan fingerprint density at radius 3 is 2.43 bits per heavy atom. The average molecular weight is 306 g/mol. The van der Waals surface area contributed by atoms with Crippen molar-refractivity contribution in [3.05, 3.63) is 64.4 Å². The molecule has 0 spiro atoms. The highest BCUT2D eigenvalue weighted by Crippen LogP contribution is 2.27. The Morgan fingerprint density at radius 1 is 1.19 bits per heavy atom. The van der Waals surface area contributed by atoms with Crippen LogP contribution < -0.4 is 5.73 Å². The van der Waals surface area contributed by atoms with Gasteiger partial charge in [0, 0.05) is 22.5 Å². The lowest BCUT2D eigenvalue weighted by molar-refractivity contribution is -0.122. The molecule has 0 aromatic heterocycles. The van der Waals surface area contributed by atoms with Crippen LogP contribution in [0.1, 0.15) is 25.0 Å². The molecule has 0 atom stereocenters. The molecule has 2 aromatic rings. The number of benzene rings is 2. The molecule has 0 aliphatic heterocycles. The van der Waals surface area contributed by atoms with Gasteiger partial charge >= 0.3 is 0 Å². The number of carbonyl (C=O) groups is 1. The zero-order valence-electron chi connectivity index (χ0n) is 12.0. The topological polar surface area (TPSA) is 43.1 Å². The molecule has 0 bridgehead atoms. The molecule has 0 saturated heterocycles. The summed E-state index contributed by atoms with van der Waals surface area (Å²) in [6, 6.07) is 11.4. The third kappa shape index (κ3) is 3.42. The maximum atomic E-state index is 13.7. The summed E-state index contributed by atoms with van der Waals surface area (Å²) in [4.78, 5) is 12.5. The van der Waals surface area contributed by atoms with Gasteiger partial charge in [0.15, 0.2) is 0 Å². The number of Topliss-reactive ketones (excluding diaryl/α,β-unsaturated/α-hetero) is 1. The summed E-state index contributed by atoms with van der Waals surface area (Å²) in [7, 11) is 0. The van der Waals surface area contributed by atoms with Gasteiger partial charge in [-0.3, -0.25) is 4.79 Å². The lowest BCUT2D eigenvalue weighted by Crippen LogP contribution is -2.30. The van der Waals surface area contributed by atoms with E-state index in [1.165, 1.54) is 18.2 Å². The number of hydrogen-bond donors (Lipinski definition) is 1. The number of nitrogens with two attached hydrogens (primary N) is 1. The van der Waals surface area contributed by atoms with Crippen molar-refractivity contribution in [2.75, 3.05) is 5.73 Å². The van der Waals surface area contributed by atoms with Crippen molar-refractivity contribution in [2.45, 2.75) is 25.7 Å². The van der Waals surface area contributed by atoms with Crippen LogP contribution in [-0.4, -0.2) is 5.78 Å². The van der Waals surface area contributed by atoms with E-state index in [1.54, 1.807) is 12.1 Å². The number of carbonyl (C=O) groups excluding carboxylic acids is 1.